The van der Waals surface area contributed by atoms with E-state index in [0.717, 1.165) is 16.0 Å². The molecule has 3 aromatic rings. The smallest absolute Gasteiger partial charge is 0.410 e. The molecule has 6 nitrogen and oxygen atoms in total. The van der Waals surface area contributed by atoms with Crippen LogP contribution in [0.5, 0.6) is 0 Å². The van der Waals surface area contributed by atoms with E-state index in [-0.39, 0.29) is 18.6 Å². The Morgan fingerprint density at radius 3 is 2.60 bits per heavy atom. The number of hydrogen-bond acceptors (Lipinski definition) is 5. The highest BCUT2D eigenvalue weighted by Gasteiger charge is 2.29. The number of amides is 2. The third-order valence-corrected chi connectivity index (χ3v) is 6.17. The summed E-state index contributed by atoms with van der Waals surface area (Å²) in [6, 6.07) is 16.4. The lowest BCUT2D eigenvalue weighted by atomic mass is 10.0. The number of benzene rings is 2. The maximum absolute atomic E-state index is 12.8. The predicted octanol–water partition coefficient (Wildman–Crippen LogP) is 4.93. The van der Waals surface area contributed by atoms with E-state index >= 15 is 0 Å². The molecule has 0 saturated heterocycles. The van der Waals surface area contributed by atoms with Gasteiger partial charge in [-0.1, -0.05) is 41.9 Å². The molecular weight excluding hydrogens is 422 g/mol. The number of hydrogen-bond donors (Lipinski definition) is 2. The molecule has 0 fully saturated rings. The molecule has 1 aliphatic rings. The highest BCUT2D eigenvalue weighted by molar-refractivity contribution is 7.16. The molecule has 0 aliphatic carbocycles. The molecule has 0 saturated carbocycles. The van der Waals surface area contributed by atoms with Crippen molar-refractivity contribution in [3.63, 3.8) is 0 Å². The van der Waals surface area contributed by atoms with Gasteiger partial charge in [-0.25, -0.2) is 4.79 Å². The maximum atomic E-state index is 12.8. The number of rotatable bonds is 4. The van der Waals surface area contributed by atoms with Crippen molar-refractivity contribution in [2.24, 2.45) is 0 Å². The van der Waals surface area contributed by atoms with Gasteiger partial charge < -0.3 is 20.7 Å². The number of thiophene rings is 1. The van der Waals surface area contributed by atoms with Crippen molar-refractivity contribution < 1.29 is 14.3 Å². The summed E-state index contributed by atoms with van der Waals surface area (Å²) in [5.41, 5.74) is 9.12. The van der Waals surface area contributed by atoms with E-state index in [9.17, 15) is 9.59 Å². The Bertz CT molecular complexity index is 1070. The molecule has 2 amide bonds. The first-order chi connectivity index (χ1) is 14.5. The van der Waals surface area contributed by atoms with Crippen LogP contribution in [-0.4, -0.2) is 23.4 Å². The van der Waals surface area contributed by atoms with Gasteiger partial charge in [-0.05, 0) is 41.8 Å². The summed E-state index contributed by atoms with van der Waals surface area (Å²) in [6.07, 6.45) is 0.177. The number of fused-ring (bicyclic) bond motifs is 1. The van der Waals surface area contributed by atoms with Gasteiger partial charge in [-0.3, -0.25) is 4.79 Å². The van der Waals surface area contributed by atoms with Gasteiger partial charge in [0.15, 0.2) is 0 Å². The third kappa shape index (κ3) is 4.42. The molecule has 3 N–H and O–H groups in total. The highest BCUT2D eigenvalue weighted by atomic mass is 35.5. The molecule has 0 atom stereocenters. The molecule has 1 aliphatic heterocycles. The van der Waals surface area contributed by atoms with Crippen LogP contribution in [0.4, 0.5) is 15.5 Å². The van der Waals surface area contributed by atoms with Crippen molar-refractivity contribution in [3.05, 3.63) is 81.2 Å². The molecule has 0 bridgehead atoms. The fourth-order valence-corrected chi connectivity index (χ4v) is 4.62. The fourth-order valence-electron chi connectivity index (χ4n) is 3.37. The Morgan fingerprint density at radius 2 is 1.87 bits per heavy atom. The number of halogens is 1. The zero-order chi connectivity index (χ0) is 21.1. The number of anilines is 2. The SMILES string of the molecule is Nc1sc2c(c1C(=O)Nc1ccc(Cl)cc1)CCN(C(=O)OCc1ccccc1)C2. The van der Waals surface area contributed by atoms with Crippen LogP contribution >= 0.6 is 22.9 Å². The lowest BCUT2D eigenvalue weighted by Gasteiger charge is -2.26. The van der Waals surface area contributed by atoms with Crippen LogP contribution in [0.25, 0.3) is 0 Å². The molecule has 4 rings (SSSR count). The van der Waals surface area contributed by atoms with Crippen LogP contribution < -0.4 is 11.1 Å². The molecule has 8 heteroatoms. The Balaban J connectivity index is 1.43. The van der Waals surface area contributed by atoms with Crippen molar-refractivity contribution in [3.8, 4) is 0 Å². The third-order valence-electron chi connectivity index (χ3n) is 4.88. The summed E-state index contributed by atoms with van der Waals surface area (Å²) in [7, 11) is 0. The van der Waals surface area contributed by atoms with Crippen molar-refractivity contribution in [1.29, 1.82) is 0 Å². The highest BCUT2D eigenvalue weighted by Crippen LogP contribution is 2.36. The van der Waals surface area contributed by atoms with Crippen molar-refractivity contribution in [1.82, 2.24) is 4.90 Å². The molecule has 0 spiro atoms. The average Bonchev–Trinajstić information content (AvgIpc) is 3.09. The minimum atomic E-state index is -0.372. The number of carbonyl (C=O) groups excluding carboxylic acids is 2. The summed E-state index contributed by atoms with van der Waals surface area (Å²) in [5.74, 6) is -0.257. The van der Waals surface area contributed by atoms with Gasteiger partial charge in [0.05, 0.1) is 17.1 Å². The molecule has 0 unspecified atom stereocenters. The quantitative estimate of drug-likeness (QED) is 0.601. The second kappa shape index (κ2) is 8.77. The second-order valence-electron chi connectivity index (χ2n) is 6.92. The first-order valence-corrected chi connectivity index (χ1v) is 10.6. The van der Waals surface area contributed by atoms with E-state index in [1.54, 1.807) is 29.2 Å². The molecule has 1 aromatic heterocycles. The van der Waals surface area contributed by atoms with Gasteiger partial charge in [0.1, 0.15) is 6.61 Å². The Hall–Kier alpha value is -3.03. The standard InChI is InChI=1S/C22H20ClN3O3S/c23-15-6-8-16(9-7-15)25-21(27)19-17-10-11-26(12-18(17)30-20(19)24)22(28)29-13-14-4-2-1-3-5-14/h1-9H,10-13,24H2,(H,25,27). The molecule has 30 heavy (non-hydrogen) atoms. The Kier molecular flexibility index (Phi) is 5.92. The number of ether oxygens (including phenoxy) is 1. The van der Waals surface area contributed by atoms with E-state index < -0.39 is 0 Å². The second-order valence-corrected chi connectivity index (χ2v) is 8.49. The molecule has 0 radical (unpaired) electrons. The zero-order valence-corrected chi connectivity index (χ0v) is 17.6. The molecule has 2 heterocycles. The van der Waals surface area contributed by atoms with Gasteiger partial charge in [0, 0.05) is 22.1 Å². The largest absolute Gasteiger partial charge is 0.445 e. The first kappa shape index (κ1) is 20.3. The monoisotopic (exact) mass is 441 g/mol. The van der Waals surface area contributed by atoms with E-state index in [0.29, 0.717) is 40.8 Å². The van der Waals surface area contributed by atoms with Gasteiger partial charge in [0.25, 0.3) is 5.91 Å². The van der Waals surface area contributed by atoms with Gasteiger partial charge >= 0.3 is 6.09 Å². The summed E-state index contributed by atoms with van der Waals surface area (Å²) in [6.45, 7) is 1.08. The van der Waals surface area contributed by atoms with Crippen molar-refractivity contribution in [2.45, 2.75) is 19.6 Å². The van der Waals surface area contributed by atoms with Crippen LogP contribution in [0.1, 0.15) is 26.4 Å². The number of nitrogen functional groups attached to an aromatic ring is 1. The van der Waals surface area contributed by atoms with Crippen molar-refractivity contribution >= 4 is 45.6 Å². The Labute approximate surface area is 183 Å². The van der Waals surface area contributed by atoms with E-state index in [2.05, 4.69) is 5.32 Å². The van der Waals surface area contributed by atoms with E-state index in [1.165, 1.54) is 11.3 Å². The van der Waals surface area contributed by atoms with Crippen LogP contribution in [0.3, 0.4) is 0 Å². The van der Waals surface area contributed by atoms with Gasteiger partial charge in [0.2, 0.25) is 0 Å². The Morgan fingerprint density at radius 1 is 1.13 bits per heavy atom. The molecule has 154 valence electrons. The number of nitrogens with one attached hydrogen (secondary N) is 1. The minimum Gasteiger partial charge on any atom is -0.445 e. The van der Waals surface area contributed by atoms with E-state index in [4.69, 9.17) is 22.1 Å². The van der Waals surface area contributed by atoms with E-state index in [1.807, 2.05) is 30.3 Å². The summed E-state index contributed by atoms with van der Waals surface area (Å²) in [4.78, 5) is 27.8. The van der Waals surface area contributed by atoms with Crippen LogP contribution in [0, 0.1) is 0 Å². The predicted molar refractivity (Wildman–Crippen MR) is 119 cm³/mol. The lowest BCUT2D eigenvalue weighted by Crippen LogP contribution is -2.36. The first-order valence-electron chi connectivity index (χ1n) is 9.44. The molecule has 2 aromatic carbocycles. The zero-order valence-electron chi connectivity index (χ0n) is 16.1. The number of nitrogens with zero attached hydrogens (tertiary/aromatic N) is 1. The van der Waals surface area contributed by atoms with Gasteiger partial charge in [-0.2, -0.15) is 0 Å². The molecular formula is C22H20ClN3O3S. The van der Waals surface area contributed by atoms with Crippen LogP contribution in [0.15, 0.2) is 54.6 Å². The lowest BCUT2D eigenvalue weighted by molar-refractivity contribution is 0.0923. The average molecular weight is 442 g/mol. The van der Waals surface area contributed by atoms with Crippen LogP contribution in [0.2, 0.25) is 5.02 Å². The number of nitrogens with two attached hydrogens (primary N) is 1. The summed E-state index contributed by atoms with van der Waals surface area (Å²) >= 11 is 7.23. The maximum Gasteiger partial charge on any atom is 0.410 e. The summed E-state index contributed by atoms with van der Waals surface area (Å²) in [5, 5.41) is 3.91. The van der Waals surface area contributed by atoms with Crippen molar-refractivity contribution in [2.75, 3.05) is 17.6 Å². The minimum absolute atomic E-state index is 0.227. The van der Waals surface area contributed by atoms with Gasteiger partial charge in [-0.15, -0.1) is 11.3 Å². The topological polar surface area (TPSA) is 84.7 Å². The fraction of sp³-hybridized carbons (Fsp3) is 0.182. The van der Waals surface area contributed by atoms with Crippen LogP contribution in [-0.2, 0) is 24.3 Å². The normalized spacial score (nSPS) is 12.9. The number of carbonyl (C=O) groups is 2. The summed E-state index contributed by atoms with van der Waals surface area (Å²) < 4.78 is 5.43.